The van der Waals surface area contributed by atoms with Crippen molar-refractivity contribution < 1.29 is 8.42 Å². The van der Waals surface area contributed by atoms with Gasteiger partial charge in [-0.3, -0.25) is 4.79 Å². The molecule has 0 saturated carbocycles. The van der Waals surface area contributed by atoms with Crippen LogP contribution in [-0.4, -0.2) is 45.0 Å². The van der Waals surface area contributed by atoms with Gasteiger partial charge in [-0.15, -0.1) is 0 Å². The number of aryl methyl sites for hydroxylation is 1. The van der Waals surface area contributed by atoms with Gasteiger partial charge in [0, 0.05) is 12.2 Å². The second kappa shape index (κ2) is 5.59. The number of thiazole rings is 1. The molecule has 0 unspecified atom stereocenters. The van der Waals surface area contributed by atoms with Crippen LogP contribution in [0.4, 0.5) is 0 Å². The number of nitrogens with one attached hydrogen (secondary N) is 2. The number of sulfonamides is 1. The van der Waals surface area contributed by atoms with Gasteiger partial charge in [0.1, 0.15) is 0 Å². The van der Waals surface area contributed by atoms with Crippen molar-refractivity contribution in [2.75, 3.05) is 26.7 Å². The number of H-pyrrole nitrogens is 1. The molecule has 1 aliphatic rings. The highest BCUT2D eigenvalue weighted by molar-refractivity contribution is 7.91. The third-order valence-corrected chi connectivity index (χ3v) is 6.91. The summed E-state index contributed by atoms with van der Waals surface area (Å²) in [4.78, 5) is 15.6. The third kappa shape index (κ3) is 3.49. The Labute approximate surface area is 123 Å². The zero-order chi connectivity index (χ0) is 15.0. The van der Waals surface area contributed by atoms with Gasteiger partial charge in [0.05, 0.1) is 0 Å². The number of hydrogen-bond acceptors (Lipinski definition) is 5. The van der Waals surface area contributed by atoms with Gasteiger partial charge in [-0.25, -0.2) is 13.1 Å². The Morgan fingerprint density at radius 2 is 2.00 bits per heavy atom. The summed E-state index contributed by atoms with van der Waals surface area (Å²) in [6.45, 7) is 6.08. The van der Waals surface area contributed by atoms with E-state index in [-0.39, 0.29) is 14.5 Å². The second-order valence-electron chi connectivity index (χ2n) is 5.87. The lowest BCUT2D eigenvalue weighted by Crippen LogP contribution is -2.43. The lowest BCUT2D eigenvalue weighted by molar-refractivity contribution is 0.143. The fraction of sp³-hybridized carbons (Fsp3) is 0.750. The first-order chi connectivity index (χ1) is 9.22. The smallest absolute Gasteiger partial charge is 0.305 e. The zero-order valence-electron chi connectivity index (χ0n) is 12.0. The Balaban J connectivity index is 2.06. The van der Waals surface area contributed by atoms with Crippen molar-refractivity contribution in [1.29, 1.82) is 0 Å². The van der Waals surface area contributed by atoms with Gasteiger partial charge >= 0.3 is 4.87 Å². The summed E-state index contributed by atoms with van der Waals surface area (Å²) in [7, 11) is -1.52. The average molecular weight is 319 g/mol. The predicted octanol–water partition coefficient (Wildman–Crippen LogP) is 0.755. The number of rotatable bonds is 4. The SMILES string of the molecule is Cc1[nH]c(=O)sc1S(=O)(=O)NCC1(C)CCN(C)CC1. The summed E-state index contributed by atoms with van der Waals surface area (Å²) in [6, 6.07) is 0. The van der Waals surface area contributed by atoms with Crippen LogP contribution in [0.3, 0.4) is 0 Å². The van der Waals surface area contributed by atoms with Crippen LogP contribution >= 0.6 is 11.3 Å². The number of aromatic nitrogens is 1. The van der Waals surface area contributed by atoms with Crippen molar-refractivity contribution in [1.82, 2.24) is 14.6 Å². The standard InChI is InChI=1S/C12H21N3O3S2/c1-9-10(19-11(16)14-9)20(17,18)13-8-12(2)4-6-15(3)7-5-12/h13H,4-8H2,1-3H3,(H,14,16). The minimum Gasteiger partial charge on any atom is -0.315 e. The van der Waals surface area contributed by atoms with Crippen LogP contribution < -0.4 is 9.60 Å². The molecular formula is C12H21N3O3S2. The minimum atomic E-state index is -3.60. The highest BCUT2D eigenvalue weighted by Crippen LogP contribution is 2.30. The molecule has 8 heteroatoms. The first kappa shape index (κ1) is 15.7. The molecule has 2 N–H and O–H groups in total. The maximum Gasteiger partial charge on any atom is 0.305 e. The number of hydrogen-bond donors (Lipinski definition) is 2. The lowest BCUT2D eigenvalue weighted by Gasteiger charge is -2.37. The van der Waals surface area contributed by atoms with E-state index in [1.165, 1.54) is 0 Å². The first-order valence-electron chi connectivity index (χ1n) is 6.60. The van der Waals surface area contributed by atoms with Gasteiger partial charge in [0.25, 0.3) is 10.0 Å². The molecule has 1 aromatic rings. The quantitative estimate of drug-likeness (QED) is 0.858. The van der Waals surface area contributed by atoms with E-state index in [2.05, 4.69) is 28.6 Å². The van der Waals surface area contributed by atoms with Crippen LogP contribution in [-0.2, 0) is 10.0 Å². The molecule has 0 aliphatic carbocycles. The number of piperidine rings is 1. The van der Waals surface area contributed by atoms with Gasteiger partial charge in [0.15, 0.2) is 4.21 Å². The minimum absolute atomic E-state index is 0.0191. The van der Waals surface area contributed by atoms with E-state index in [4.69, 9.17) is 0 Å². The van der Waals surface area contributed by atoms with Crippen molar-refractivity contribution in [2.45, 2.75) is 30.9 Å². The van der Waals surface area contributed by atoms with E-state index in [0.717, 1.165) is 37.3 Å². The molecule has 1 saturated heterocycles. The van der Waals surface area contributed by atoms with Gasteiger partial charge in [0.2, 0.25) is 0 Å². The summed E-state index contributed by atoms with van der Waals surface area (Å²) >= 11 is 0.737. The van der Waals surface area contributed by atoms with Crippen LogP contribution in [0.15, 0.2) is 9.00 Å². The molecule has 0 bridgehead atoms. The molecule has 6 nitrogen and oxygen atoms in total. The van der Waals surface area contributed by atoms with Crippen LogP contribution in [0.25, 0.3) is 0 Å². The molecule has 114 valence electrons. The molecule has 0 amide bonds. The van der Waals surface area contributed by atoms with E-state index >= 15 is 0 Å². The van der Waals surface area contributed by atoms with E-state index in [1.807, 2.05) is 0 Å². The molecule has 0 atom stereocenters. The van der Waals surface area contributed by atoms with E-state index < -0.39 is 10.0 Å². The molecule has 1 aliphatic heterocycles. The molecule has 0 spiro atoms. The molecule has 20 heavy (non-hydrogen) atoms. The lowest BCUT2D eigenvalue weighted by atomic mass is 9.81. The van der Waals surface area contributed by atoms with Crippen molar-refractivity contribution in [2.24, 2.45) is 5.41 Å². The van der Waals surface area contributed by atoms with Gasteiger partial charge in [-0.2, -0.15) is 0 Å². The summed E-state index contributed by atoms with van der Waals surface area (Å²) in [5, 5.41) is 0. The van der Waals surface area contributed by atoms with Gasteiger partial charge < -0.3 is 9.88 Å². The normalized spacial score (nSPS) is 20.1. The number of aromatic amines is 1. The molecule has 0 radical (unpaired) electrons. The van der Waals surface area contributed by atoms with Crippen LogP contribution in [0.2, 0.25) is 0 Å². The summed E-state index contributed by atoms with van der Waals surface area (Å²) in [5.41, 5.74) is 0.385. The summed E-state index contributed by atoms with van der Waals surface area (Å²) < 4.78 is 27.2. The second-order valence-corrected chi connectivity index (χ2v) is 8.81. The molecule has 2 heterocycles. The Morgan fingerprint density at radius 3 is 2.50 bits per heavy atom. The average Bonchev–Trinajstić information content (AvgIpc) is 2.71. The van der Waals surface area contributed by atoms with E-state index in [0.29, 0.717) is 12.2 Å². The van der Waals surface area contributed by atoms with Gasteiger partial charge in [-0.1, -0.05) is 18.3 Å². The van der Waals surface area contributed by atoms with Crippen molar-refractivity contribution in [3.8, 4) is 0 Å². The Kier molecular flexibility index (Phi) is 4.38. The van der Waals surface area contributed by atoms with E-state index in [1.54, 1.807) is 6.92 Å². The third-order valence-electron chi connectivity index (χ3n) is 3.91. The van der Waals surface area contributed by atoms with Crippen LogP contribution in [0.1, 0.15) is 25.5 Å². The van der Waals surface area contributed by atoms with Crippen molar-refractivity contribution >= 4 is 21.4 Å². The summed E-state index contributed by atoms with van der Waals surface area (Å²) in [5.74, 6) is 0. The molecule has 1 aromatic heterocycles. The molecule has 0 aromatic carbocycles. The summed E-state index contributed by atoms with van der Waals surface area (Å²) in [6.07, 6.45) is 1.93. The maximum absolute atomic E-state index is 12.2. The largest absolute Gasteiger partial charge is 0.315 e. The van der Waals surface area contributed by atoms with Crippen LogP contribution in [0, 0.1) is 12.3 Å². The fourth-order valence-corrected chi connectivity index (χ4v) is 4.86. The monoisotopic (exact) mass is 319 g/mol. The first-order valence-corrected chi connectivity index (χ1v) is 8.90. The Hall–Kier alpha value is -0.700. The molecule has 1 fully saturated rings. The highest BCUT2D eigenvalue weighted by atomic mass is 32.2. The molecular weight excluding hydrogens is 298 g/mol. The fourth-order valence-electron chi connectivity index (χ4n) is 2.32. The van der Waals surface area contributed by atoms with E-state index in [9.17, 15) is 13.2 Å². The van der Waals surface area contributed by atoms with Gasteiger partial charge in [-0.05, 0) is 45.3 Å². The maximum atomic E-state index is 12.2. The van der Waals surface area contributed by atoms with Crippen molar-refractivity contribution in [3.05, 3.63) is 15.4 Å². The zero-order valence-corrected chi connectivity index (χ0v) is 13.7. The Bertz CT molecular complexity index is 625. The topological polar surface area (TPSA) is 82.3 Å². The number of likely N-dealkylation sites (tertiary alicyclic amines) is 1. The number of nitrogens with zero attached hydrogens (tertiary/aromatic N) is 1. The Morgan fingerprint density at radius 1 is 1.40 bits per heavy atom. The molecule has 2 rings (SSSR count). The van der Waals surface area contributed by atoms with Crippen molar-refractivity contribution in [3.63, 3.8) is 0 Å². The highest BCUT2D eigenvalue weighted by Gasteiger charge is 2.31. The van der Waals surface area contributed by atoms with Crippen LogP contribution in [0.5, 0.6) is 0 Å². The predicted molar refractivity (Wildman–Crippen MR) is 79.7 cm³/mol.